The highest BCUT2D eigenvalue weighted by Gasteiger charge is 2.10. The van der Waals surface area contributed by atoms with E-state index >= 15 is 0 Å². The van der Waals surface area contributed by atoms with Gasteiger partial charge in [-0.2, -0.15) is 0 Å². The van der Waals surface area contributed by atoms with Crippen LogP contribution in [0.2, 0.25) is 0 Å². The van der Waals surface area contributed by atoms with E-state index in [1.165, 1.54) is 11.8 Å². The molecule has 2 aromatic rings. The summed E-state index contributed by atoms with van der Waals surface area (Å²) in [5.74, 6) is 0.752. The first kappa shape index (κ1) is 12.7. The third kappa shape index (κ3) is 3.13. The van der Waals surface area contributed by atoms with Crippen LogP contribution in [0.1, 0.15) is 13.8 Å². The first-order valence-electron chi connectivity index (χ1n) is 5.67. The number of anilines is 1. The lowest BCUT2D eigenvalue weighted by Gasteiger charge is -2.12. The van der Waals surface area contributed by atoms with Gasteiger partial charge in [-0.25, -0.2) is 9.97 Å². The minimum atomic E-state index is 0.106. The highest BCUT2D eigenvalue weighted by Crippen LogP contribution is 2.34. The molecule has 0 amide bonds. The summed E-state index contributed by atoms with van der Waals surface area (Å²) in [6.45, 7) is 3.97. The summed E-state index contributed by atoms with van der Waals surface area (Å²) in [5.41, 5.74) is 6.51. The van der Waals surface area contributed by atoms with E-state index in [0.29, 0.717) is 5.69 Å². The SMILES string of the molecule is CC(C)Oc1cccnc1Sc1ncccc1N. The summed E-state index contributed by atoms with van der Waals surface area (Å²) in [6.07, 6.45) is 3.55. The summed E-state index contributed by atoms with van der Waals surface area (Å²) in [5, 5.41) is 1.52. The first-order chi connectivity index (χ1) is 8.66. The predicted octanol–water partition coefficient (Wildman–Crippen LogP) is 3.00. The molecule has 0 atom stereocenters. The lowest BCUT2D eigenvalue weighted by Crippen LogP contribution is -2.06. The maximum absolute atomic E-state index is 5.87. The summed E-state index contributed by atoms with van der Waals surface area (Å²) in [6, 6.07) is 7.38. The molecule has 0 aliphatic rings. The van der Waals surface area contributed by atoms with Crippen LogP contribution in [0.4, 0.5) is 5.69 Å². The molecule has 5 heteroatoms. The van der Waals surface area contributed by atoms with Crippen molar-refractivity contribution in [1.29, 1.82) is 0 Å². The molecule has 0 radical (unpaired) electrons. The van der Waals surface area contributed by atoms with Gasteiger partial charge in [-0.3, -0.25) is 0 Å². The maximum Gasteiger partial charge on any atom is 0.152 e. The minimum absolute atomic E-state index is 0.106. The molecule has 0 aliphatic carbocycles. The van der Waals surface area contributed by atoms with E-state index in [1.807, 2.05) is 38.1 Å². The molecule has 0 bridgehead atoms. The van der Waals surface area contributed by atoms with Crippen molar-refractivity contribution in [2.45, 2.75) is 30.0 Å². The Morgan fingerprint density at radius 2 is 1.78 bits per heavy atom. The van der Waals surface area contributed by atoms with Crippen LogP contribution in [-0.2, 0) is 0 Å². The molecule has 2 heterocycles. The fourth-order valence-electron chi connectivity index (χ4n) is 1.38. The van der Waals surface area contributed by atoms with Crippen LogP contribution in [0, 0.1) is 0 Å². The monoisotopic (exact) mass is 261 g/mol. The second-order valence-corrected chi connectivity index (χ2v) is 4.95. The zero-order chi connectivity index (χ0) is 13.0. The number of hydrogen-bond acceptors (Lipinski definition) is 5. The standard InChI is InChI=1S/C13H15N3OS/c1-9(2)17-11-6-4-8-16-13(11)18-12-10(14)5-3-7-15-12/h3-9H,14H2,1-2H3. The number of rotatable bonds is 4. The molecule has 94 valence electrons. The first-order valence-corrected chi connectivity index (χ1v) is 6.48. The van der Waals surface area contributed by atoms with Crippen molar-refractivity contribution in [1.82, 2.24) is 9.97 Å². The van der Waals surface area contributed by atoms with Gasteiger partial charge in [-0.15, -0.1) is 0 Å². The Labute approximate surface area is 111 Å². The molecule has 0 saturated heterocycles. The Balaban J connectivity index is 2.26. The van der Waals surface area contributed by atoms with Crippen LogP contribution < -0.4 is 10.5 Å². The number of ether oxygens (including phenoxy) is 1. The van der Waals surface area contributed by atoms with Crippen molar-refractivity contribution in [2.75, 3.05) is 5.73 Å². The van der Waals surface area contributed by atoms with Crippen LogP contribution in [0.15, 0.2) is 46.7 Å². The summed E-state index contributed by atoms with van der Waals surface area (Å²) < 4.78 is 5.71. The van der Waals surface area contributed by atoms with Gasteiger partial charge in [0.25, 0.3) is 0 Å². The third-order valence-electron chi connectivity index (χ3n) is 2.09. The predicted molar refractivity (Wildman–Crippen MR) is 72.8 cm³/mol. The van der Waals surface area contributed by atoms with Crippen molar-refractivity contribution < 1.29 is 4.74 Å². The van der Waals surface area contributed by atoms with Crippen LogP contribution in [0.25, 0.3) is 0 Å². The van der Waals surface area contributed by atoms with Gasteiger partial charge in [0, 0.05) is 12.4 Å². The molecule has 4 nitrogen and oxygen atoms in total. The average Bonchev–Trinajstić information content (AvgIpc) is 2.34. The van der Waals surface area contributed by atoms with Gasteiger partial charge in [0.2, 0.25) is 0 Å². The molecule has 2 rings (SSSR count). The van der Waals surface area contributed by atoms with Gasteiger partial charge in [0.05, 0.1) is 11.8 Å². The van der Waals surface area contributed by atoms with E-state index in [2.05, 4.69) is 9.97 Å². The van der Waals surface area contributed by atoms with Gasteiger partial charge < -0.3 is 10.5 Å². The van der Waals surface area contributed by atoms with Crippen molar-refractivity contribution in [3.8, 4) is 5.75 Å². The third-order valence-corrected chi connectivity index (χ3v) is 3.13. The van der Waals surface area contributed by atoms with E-state index in [4.69, 9.17) is 10.5 Å². The summed E-state index contributed by atoms with van der Waals surface area (Å²) in [7, 11) is 0. The van der Waals surface area contributed by atoms with E-state index < -0.39 is 0 Å². The second kappa shape index (κ2) is 5.73. The topological polar surface area (TPSA) is 61.0 Å². The number of pyridine rings is 2. The van der Waals surface area contributed by atoms with Gasteiger partial charge in [0.15, 0.2) is 5.75 Å². The highest BCUT2D eigenvalue weighted by atomic mass is 32.2. The normalized spacial score (nSPS) is 10.6. The Bertz CT molecular complexity index is 531. The average molecular weight is 261 g/mol. The lowest BCUT2D eigenvalue weighted by molar-refractivity contribution is 0.234. The number of aromatic nitrogens is 2. The van der Waals surface area contributed by atoms with Crippen molar-refractivity contribution >= 4 is 17.4 Å². The molecule has 2 N–H and O–H groups in total. The molecule has 18 heavy (non-hydrogen) atoms. The molecule has 0 fully saturated rings. The number of nitrogen functional groups attached to an aromatic ring is 1. The molecular formula is C13H15N3OS. The number of nitrogens with zero attached hydrogens (tertiary/aromatic N) is 2. The minimum Gasteiger partial charge on any atom is -0.488 e. The Morgan fingerprint density at radius 3 is 2.44 bits per heavy atom. The molecule has 0 unspecified atom stereocenters. The van der Waals surface area contributed by atoms with E-state index in [0.717, 1.165) is 15.8 Å². The van der Waals surface area contributed by atoms with Crippen molar-refractivity contribution in [3.05, 3.63) is 36.7 Å². The van der Waals surface area contributed by atoms with E-state index in [-0.39, 0.29) is 6.10 Å². The van der Waals surface area contributed by atoms with Crippen LogP contribution >= 0.6 is 11.8 Å². The van der Waals surface area contributed by atoms with Gasteiger partial charge in [-0.05, 0) is 49.9 Å². The number of hydrogen-bond donors (Lipinski definition) is 1. The molecule has 0 aromatic carbocycles. The molecule has 0 spiro atoms. The van der Waals surface area contributed by atoms with E-state index in [9.17, 15) is 0 Å². The quantitative estimate of drug-likeness (QED) is 0.916. The summed E-state index contributed by atoms with van der Waals surface area (Å²) >= 11 is 1.41. The Morgan fingerprint density at radius 1 is 1.11 bits per heavy atom. The van der Waals surface area contributed by atoms with Crippen molar-refractivity contribution in [2.24, 2.45) is 0 Å². The fourth-order valence-corrected chi connectivity index (χ4v) is 2.19. The Kier molecular flexibility index (Phi) is 4.04. The lowest BCUT2D eigenvalue weighted by atomic mass is 10.4. The van der Waals surface area contributed by atoms with E-state index in [1.54, 1.807) is 12.4 Å². The van der Waals surface area contributed by atoms with Crippen LogP contribution in [0.3, 0.4) is 0 Å². The van der Waals surface area contributed by atoms with Crippen LogP contribution in [-0.4, -0.2) is 16.1 Å². The zero-order valence-corrected chi connectivity index (χ0v) is 11.1. The molecule has 0 saturated carbocycles. The van der Waals surface area contributed by atoms with Crippen LogP contribution in [0.5, 0.6) is 5.75 Å². The molecular weight excluding hydrogens is 246 g/mol. The largest absolute Gasteiger partial charge is 0.488 e. The fraction of sp³-hybridized carbons (Fsp3) is 0.231. The van der Waals surface area contributed by atoms with Crippen molar-refractivity contribution in [3.63, 3.8) is 0 Å². The molecule has 2 aromatic heterocycles. The highest BCUT2D eigenvalue weighted by molar-refractivity contribution is 7.99. The van der Waals surface area contributed by atoms with Gasteiger partial charge in [-0.1, -0.05) is 0 Å². The second-order valence-electron chi connectivity index (χ2n) is 3.97. The van der Waals surface area contributed by atoms with Gasteiger partial charge in [0.1, 0.15) is 10.1 Å². The molecule has 0 aliphatic heterocycles. The maximum atomic E-state index is 5.87. The number of nitrogens with two attached hydrogens (primary N) is 1. The zero-order valence-electron chi connectivity index (χ0n) is 10.3. The Hall–Kier alpha value is -1.75. The smallest absolute Gasteiger partial charge is 0.152 e. The van der Waals surface area contributed by atoms with Gasteiger partial charge >= 0.3 is 0 Å². The summed E-state index contributed by atoms with van der Waals surface area (Å²) in [4.78, 5) is 8.55.